The minimum Gasteiger partial charge on any atom is -0.422 e. The average molecular weight is 331 g/mol. The Morgan fingerprint density at radius 3 is 2.54 bits per heavy atom. The number of rotatable bonds is 6. The number of benzene rings is 1. The summed E-state index contributed by atoms with van der Waals surface area (Å²) in [4.78, 5) is 14.3. The molecule has 0 radical (unpaired) electrons. The summed E-state index contributed by atoms with van der Waals surface area (Å²) in [7, 11) is 0. The SMILES string of the molecule is Cc1ccc2c(CN(CCCO)CC(C)(C)C)cc(=O)oc2c1C. The average Bonchev–Trinajstić information content (AvgIpc) is 2.47. The number of nitrogens with zero attached hydrogens (tertiary/aromatic N) is 1. The van der Waals surface area contributed by atoms with Crippen LogP contribution in [-0.4, -0.2) is 29.7 Å². The summed E-state index contributed by atoms with van der Waals surface area (Å²) in [5.74, 6) is 0. The molecule has 0 saturated carbocycles. The topological polar surface area (TPSA) is 53.7 Å². The van der Waals surface area contributed by atoms with Gasteiger partial charge in [-0.05, 0) is 42.4 Å². The summed E-state index contributed by atoms with van der Waals surface area (Å²) in [5.41, 5.74) is 3.67. The number of aliphatic hydroxyl groups is 1. The molecule has 24 heavy (non-hydrogen) atoms. The van der Waals surface area contributed by atoms with Crippen LogP contribution in [0.1, 0.15) is 43.9 Å². The van der Waals surface area contributed by atoms with E-state index in [9.17, 15) is 9.90 Å². The molecule has 4 nitrogen and oxygen atoms in total. The Kier molecular flexibility index (Phi) is 5.83. The second-order valence-electron chi connectivity index (χ2n) is 7.82. The maximum absolute atomic E-state index is 12.0. The van der Waals surface area contributed by atoms with Crippen molar-refractivity contribution in [2.75, 3.05) is 19.7 Å². The lowest BCUT2D eigenvalue weighted by Gasteiger charge is -2.30. The molecule has 1 aromatic carbocycles. The maximum Gasteiger partial charge on any atom is 0.336 e. The highest BCUT2D eigenvalue weighted by molar-refractivity contribution is 5.83. The monoisotopic (exact) mass is 331 g/mol. The maximum atomic E-state index is 12.0. The van der Waals surface area contributed by atoms with E-state index in [1.807, 2.05) is 19.9 Å². The molecule has 0 atom stereocenters. The molecule has 0 aliphatic rings. The van der Waals surface area contributed by atoms with Crippen molar-refractivity contribution in [2.45, 2.75) is 47.6 Å². The van der Waals surface area contributed by atoms with Crippen LogP contribution in [0.15, 0.2) is 27.4 Å². The van der Waals surface area contributed by atoms with E-state index in [0.717, 1.165) is 41.6 Å². The second kappa shape index (κ2) is 7.49. The quantitative estimate of drug-likeness (QED) is 0.821. The predicted molar refractivity (Wildman–Crippen MR) is 98.4 cm³/mol. The molecular weight excluding hydrogens is 302 g/mol. The molecule has 0 aliphatic carbocycles. The molecular formula is C20H29NO3. The lowest BCUT2D eigenvalue weighted by Crippen LogP contribution is -2.33. The third-order valence-corrected chi connectivity index (χ3v) is 4.24. The zero-order valence-corrected chi connectivity index (χ0v) is 15.5. The fraction of sp³-hybridized carbons (Fsp3) is 0.550. The molecule has 1 heterocycles. The Bertz CT molecular complexity index is 756. The number of aryl methyl sites for hydroxylation is 2. The van der Waals surface area contributed by atoms with Crippen molar-refractivity contribution < 1.29 is 9.52 Å². The lowest BCUT2D eigenvalue weighted by atomic mass is 9.95. The van der Waals surface area contributed by atoms with Gasteiger partial charge in [-0.2, -0.15) is 0 Å². The van der Waals surface area contributed by atoms with Gasteiger partial charge in [0.15, 0.2) is 0 Å². The van der Waals surface area contributed by atoms with Gasteiger partial charge in [0.25, 0.3) is 0 Å². The highest BCUT2D eigenvalue weighted by Gasteiger charge is 2.18. The van der Waals surface area contributed by atoms with Crippen molar-refractivity contribution in [3.05, 3.63) is 45.3 Å². The van der Waals surface area contributed by atoms with E-state index in [2.05, 4.69) is 31.7 Å². The van der Waals surface area contributed by atoms with E-state index in [4.69, 9.17) is 4.42 Å². The summed E-state index contributed by atoms with van der Waals surface area (Å²) >= 11 is 0. The Labute approximate surface area is 144 Å². The van der Waals surface area contributed by atoms with Crippen LogP contribution >= 0.6 is 0 Å². The predicted octanol–water partition coefficient (Wildman–Crippen LogP) is 3.64. The second-order valence-corrected chi connectivity index (χ2v) is 7.82. The van der Waals surface area contributed by atoms with Gasteiger partial charge in [-0.1, -0.05) is 32.9 Å². The summed E-state index contributed by atoms with van der Waals surface area (Å²) in [6, 6.07) is 5.71. The minimum absolute atomic E-state index is 0.150. The first-order chi connectivity index (χ1) is 11.2. The first-order valence-electron chi connectivity index (χ1n) is 8.57. The van der Waals surface area contributed by atoms with Crippen molar-refractivity contribution >= 4 is 11.0 Å². The molecule has 1 N–H and O–H groups in total. The van der Waals surface area contributed by atoms with Crippen molar-refractivity contribution in [1.82, 2.24) is 4.90 Å². The van der Waals surface area contributed by atoms with Crippen molar-refractivity contribution in [3.8, 4) is 0 Å². The standard InChI is InChI=1S/C20H29NO3/c1-14-7-8-17-16(11-18(23)24-19(17)15(14)2)12-21(9-6-10-22)13-20(3,4)5/h7-8,11,22H,6,9-10,12-13H2,1-5H3. The molecule has 0 unspecified atom stereocenters. The van der Waals surface area contributed by atoms with Gasteiger partial charge in [0.1, 0.15) is 5.58 Å². The van der Waals surface area contributed by atoms with Gasteiger partial charge in [0.05, 0.1) is 0 Å². The molecule has 0 fully saturated rings. The molecule has 2 aromatic rings. The number of aliphatic hydroxyl groups excluding tert-OH is 1. The first kappa shape index (κ1) is 18.7. The van der Waals surface area contributed by atoms with Gasteiger partial charge >= 0.3 is 5.63 Å². The van der Waals surface area contributed by atoms with Crippen molar-refractivity contribution in [1.29, 1.82) is 0 Å². The van der Waals surface area contributed by atoms with E-state index in [0.29, 0.717) is 12.1 Å². The highest BCUT2D eigenvalue weighted by atomic mass is 16.4. The summed E-state index contributed by atoms with van der Waals surface area (Å²) in [6.07, 6.45) is 0.730. The van der Waals surface area contributed by atoms with Gasteiger partial charge in [-0.3, -0.25) is 4.90 Å². The fourth-order valence-electron chi connectivity index (χ4n) is 3.08. The molecule has 0 bridgehead atoms. The van der Waals surface area contributed by atoms with Crippen LogP contribution in [0, 0.1) is 19.3 Å². The van der Waals surface area contributed by atoms with E-state index < -0.39 is 0 Å². The molecule has 0 saturated heterocycles. The van der Waals surface area contributed by atoms with Crippen LogP contribution in [0.2, 0.25) is 0 Å². The molecule has 132 valence electrons. The first-order valence-corrected chi connectivity index (χ1v) is 8.57. The van der Waals surface area contributed by atoms with Crippen LogP contribution in [0.3, 0.4) is 0 Å². The largest absolute Gasteiger partial charge is 0.422 e. The molecule has 4 heteroatoms. The third kappa shape index (κ3) is 4.68. The molecule has 0 amide bonds. The van der Waals surface area contributed by atoms with Gasteiger partial charge < -0.3 is 9.52 Å². The van der Waals surface area contributed by atoms with Gasteiger partial charge in [-0.25, -0.2) is 4.79 Å². The van der Waals surface area contributed by atoms with Crippen LogP contribution in [0.25, 0.3) is 11.0 Å². The Morgan fingerprint density at radius 2 is 1.92 bits per heavy atom. The van der Waals surface area contributed by atoms with Crippen LogP contribution in [0.4, 0.5) is 0 Å². The van der Waals surface area contributed by atoms with Crippen LogP contribution in [-0.2, 0) is 6.54 Å². The zero-order valence-electron chi connectivity index (χ0n) is 15.5. The number of fused-ring (bicyclic) bond motifs is 1. The Balaban J connectivity index is 2.42. The van der Waals surface area contributed by atoms with E-state index >= 15 is 0 Å². The smallest absolute Gasteiger partial charge is 0.336 e. The Hall–Kier alpha value is -1.65. The van der Waals surface area contributed by atoms with Gasteiger partial charge in [0.2, 0.25) is 0 Å². The molecule has 0 spiro atoms. The van der Waals surface area contributed by atoms with Crippen LogP contribution < -0.4 is 5.63 Å². The summed E-state index contributed by atoms with van der Waals surface area (Å²) in [5, 5.41) is 10.2. The minimum atomic E-state index is -0.302. The third-order valence-electron chi connectivity index (χ3n) is 4.24. The lowest BCUT2D eigenvalue weighted by molar-refractivity contribution is 0.166. The number of hydrogen-bond acceptors (Lipinski definition) is 4. The van der Waals surface area contributed by atoms with E-state index in [1.165, 1.54) is 0 Å². The highest BCUT2D eigenvalue weighted by Crippen LogP contribution is 2.25. The van der Waals surface area contributed by atoms with Crippen LogP contribution in [0.5, 0.6) is 0 Å². The molecule has 1 aromatic heterocycles. The van der Waals surface area contributed by atoms with Gasteiger partial charge in [0, 0.05) is 37.7 Å². The zero-order chi connectivity index (χ0) is 17.9. The number of hydrogen-bond donors (Lipinski definition) is 1. The Morgan fingerprint density at radius 1 is 1.21 bits per heavy atom. The van der Waals surface area contributed by atoms with E-state index in [-0.39, 0.29) is 17.6 Å². The van der Waals surface area contributed by atoms with Crippen molar-refractivity contribution in [2.24, 2.45) is 5.41 Å². The van der Waals surface area contributed by atoms with Crippen molar-refractivity contribution in [3.63, 3.8) is 0 Å². The summed E-state index contributed by atoms with van der Waals surface area (Å²) < 4.78 is 5.46. The molecule has 2 rings (SSSR count). The normalized spacial score (nSPS) is 12.3. The molecule has 0 aliphatic heterocycles. The summed E-state index contributed by atoms with van der Waals surface area (Å²) in [6.45, 7) is 13.2. The van der Waals surface area contributed by atoms with Gasteiger partial charge in [-0.15, -0.1) is 0 Å². The fourth-order valence-corrected chi connectivity index (χ4v) is 3.08. The van der Waals surface area contributed by atoms with E-state index in [1.54, 1.807) is 6.07 Å².